The van der Waals surface area contributed by atoms with Gasteiger partial charge in [0.05, 0.1) is 0 Å². The molecule has 88 valence electrons. The normalized spacial score (nSPS) is 10.0. The van der Waals surface area contributed by atoms with E-state index in [4.69, 9.17) is 12.2 Å². The zero-order valence-corrected chi connectivity index (χ0v) is 11.3. The van der Waals surface area contributed by atoms with Crippen LogP contribution in [0.1, 0.15) is 30.5 Å². The second-order valence-corrected chi connectivity index (χ2v) is 4.26. The van der Waals surface area contributed by atoms with E-state index in [1.807, 2.05) is 7.05 Å². The molecule has 0 saturated carbocycles. The van der Waals surface area contributed by atoms with Crippen LogP contribution < -0.4 is 10.6 Å². The Morgan fingerprint density at radius 2 is 1.81 bits per heavy atom. The zero-order chi connectivity index (χ0) is 12.1. The highest BCUT2D eigenvalue weighted by Crippen LogP contribution is 2.22. The minimum absolute atomic E-state index is 0.665. The van der Waals surface area contributed by atoms with Gasteiger partial charge in [-0.25, -0.2) is 0 Å². The monoisotopic (exact) mass is 236 g/mol. The number of rotatable bonds is 3. The largest absolute Gasteiger partial charge is 0.366 e. The molecular weight excluding hydrogens is 216 g/mol. The first-order valence-electron chi connectivity index (χ1n) is 5.73. The van der Waals surface area contributed by atoms with Gasteiger partial charge in [0.2, 0.25) is 0 Å². The third-order valence-corrected chi connectivity index (χ3v) is 3.11. The van der Waals surface area contributed by atoms with Crippen LogP contribution in [0, 0.1) is 6.92 Å². The third-order valence-electron chi connectivity index (χ3n) is 2.80. The molecule has 0 aliphatic carbocycles. The molecule has 1 aromatic carbocycles. The standard InChI is InChI=1S/C13H20N2S/c1-5-10-8-11(6-2)12(7-9(10)3)15-13(16)14-4/h7-8H,5-6H2,1-4H3,(H2,14,15,16). The number of thiocarbonyl (C=S) groups is 1. The molecule has 0 aliphatic heterocycles. The molecule has 0 radical (unpaired) electrons. The lowest BCUT2D eigenvalue weighted by molar-refractivity contribution is 1.07. The van der Waals surface area contributed by atoms with Crippen molar-refractivity contribution in [3.8, 4) is 0 Å². The van der Waals surface area contributed by atoms with Gasteiger partial charge in [0.25, 0.3) is 0 Å². The van der Waals surface area contributed by atoms with Crippen molar-refractivity contribution >= 4 is 23.0 Å². The molecule has 0 saturated heterocycles. The Bertz CT molecular complexity index is 386. The molecule has 1 rings (SSSR count). The van der Waals surface area contributed by atoms with E-state index in [0.29, 0.717) is 5.11 Å². The SMILES string of the molecule is CCc1cc(CC)c(NC(=S)NC)cc1C. The Morgan fingerprint density at radius 3 is 2.31 bits per heavy atom. The third kappa shape index (κ3) is 2.95. The summed E-state index contributed by atoms with van der Waals surface area (Å²) in [6, 6.07) is 4.46. The molecule has 0 spiro atoms. The van der Waals surface area contributed by atoms with Gasteiger partial charge in [-0.1, -0.05) is 19.9 Å². The Balaban J connectivity index is 3.08. The predicted octanol–water partition coefficient (Wildman–Crippen LogP) is 3.04. The van der Waals surface area contributed by atoms with E-state index in [9.17, 15) is 0 Å². The first-order chi connectivity index (χ1) is 7.62. The molecule has 0 amide bonds. The van der Waals surface area contributed by atoms with Crippen molar-refractivity contribution in [3.63, 3.8) is 0 Å². The maximum absolute atomic E-state index is 5.13. The summed E-state index contributed by atoms with van der Waals surface area (Å²) in [7, 11) is 1.83. The number of nitrogens with one attached hydrogen (secondary N) is 2. The lowest BCUT2D eigenvalue weighted by atomic mass is 9.99. The summed E-state index contributed by atoms with van der Waals surface area (Å²) in [6.45, 7) is 6.50. The molecule has 2 nitrogen and oxygen atoms in total. The first kappa shape index (κ1) is 13.0. The predicted molar refractivity (Wildman–Crippen MR) is 75.2 cm³/mol. The van der Waals surface area contributed by atoms with Gasteiger partial charge in [0.15, 0.2) is 5.11 Å². The van der Waals surface area contributed by atoms with E-state index in [1.54, 1.807) is 0 Å². The van der Waals surface area contributed by atoms with Gasteiger partial charge in [0, 0.05) is 12.7 Å². The molecule has 0 unspecified atom stereocenters. The molecule has 0 aromatic heterocycles. The summed E-state index contributed by atoms with van der Waals surface area (Å²) < 4.78 is 0. The van der Waals surface area contributed by atoms with Crippen molar-refractivity contribution in [2.24, 2.45) is 0 Å². The van der Waals surface area contributed by atoms with Crippen LogP contribution in [-0.2, 0) is 12.8 Å². The molecule has 0 aliphatic rings. The summed E-state index contributed by atoms with van der Waals surface area (Å²) in [5.74, 6) is 0. The van der Waals surface area contributed by atoms with E-state index in [0.717, 1.165) is 18.5 Å². The van der Waals surface area contributed by atoms with Gasteiger partial charge in [-0.15, -0.1) is 0 Å². The molecular formula is C13H20N2S. The average molecular weight is 236 g/mol. The van der Waals surface area contributed by atoms with Gasteiger partial charge in [-0.05, 0) is 54.7 Å². The summed E-state index contributed by atoms with van der Waals surface area (Å²) in [4.78, 5) is 0. The molecule has 1 aromatic rings. The van der Waals surface area contributed by atoms with Gasteiger partial charge in [-0.3, -0.25) is 0 Å². The lowest BCUT2D eigenvalue weighted by Crippen LogP contribution is -2.24. The molecule has 0 heterocycles. The van der Waals surface area contributed by atoms with Crippen LogP contribution in [0.4, 0.5) is 5.69 Å². The quantitative estimate of drug-likeness (QED) is 0.789. The van der Waals surface area contributed by atoms with E-state index in [-0.39, 0.29) is 0 Å². The number of hydrogen-bond acceptors (Lipinski definition) is 1. The van der Waals surface area contributed by atoms with Crippen LogP contribution in [0.3, 0.4) is 0 Å². The van der Waals surface area contributed by atoms with Crippen molar-refractivity contribution in [2.45, 2.75) is 33.6 Å². The maximum atomic E-state index is 5.13. The van der Waals surface area contributed by atoms with Gasteiger partial charge >= 0.3 is 0 Å². The molecule has 3 heteroatoms. The molecule has 16 heavy (non-hydrogen) atoms. The van der Waals surface area contributed by atoms with Crippen molar-refractivity contribution in [2.75, 3.05) is 12.4 Å². The van der Waals surface area contributed by atoms with Crippen LogP contribution >= 0.6 is 12.2 Å². The summed E-state index contributed by atoms with van der Waals surface area (Å²) >= 11 is 5.13. The second kappa shape index (κ2) is 5.85. The average Bonchev–Trinajstić information content (AvgIpc) is 2.29. The van der Waals surface area contributed by atoms with E-state index in [2.05, 4.69) is 43.5 Å². The number of aryl methyl sites for hydroxylation is 3. The highest BCUT2D eigenvalue weighted by atomic mass is 32.1. The smallest absolute Gasteiger partial charge is 0.170 e. The van der Waals surface area contributed by atoms with E-state index >= 15 is 0 Å². The van der Waals surface area contributed by atoms with Crippen molar-refractivity contribution in [1.82, 2.24) is 5.32 Å². The minimum Gasteiger partial charge on any atom is -0.366 e. The van der Waals surface area contributed by atoms with E-state index < -0.39 is 0 Å². The highest BCUT2D eigenvalue weighted by Gasteiger charge is 2.06. The fourth-order valence-corrected chi connectivity index (χ4v) is 1.89. The number of benzene rings is 1. The summed E-state index contributed by atoms with van der Waals surface area (Å²) in [6.07, 6.45) is 2.09. The summed E-state index contributed by atoms with van der Waals surface area (Å²) in [5, 5.41) is 6.82. The van der Waals surface area contributed by atoms with Crippen LogP contribution in [0.15, 0.2) is 12.1 Å². The van der Waals surface area contributed by atoms with Crippen molar-refractivity contribution < 1.29 is 0 Å². The molecule has 0 fully saturated rings. The van der Waals surface area contributed by atoms with Gasteiger partial charge in [-0.2, -0.15) is 0 Å². The van der Waals surface area contributed by atoms with Gasteiger partial charge in [0.1, 0.15) is 0 Å². The fraction of sp³-hybridized carbons (Fsp3) is 0.462. The second-order valence-electron chi connectivity index (χ2n) is 3.85. The first-order valence-corrected chi connectivity index (χ1v) is 6.14. The lowest BCUT2D eigenvalue weighted by Gasteiger charge is -2.15. The number of hydrogen-bond donors (Lipinski definition) is 2. The van der Waals surface area contributed by atoms with Crippen LogP contribution in [-0.4, -0.2) is 12.2 Å². The highest BCUT2D eigenvalue weighted by molar-refractivity contribution is 7.80. The Hall–Kier alpha value is -1.09. The Labute approximate surface area is 103 Å². The van der Waals surface area contributed by atoms with Crippen molar-refractivity contribution in [1.29, 1.82) is 0 Å². The van der Waals surface area contributed by atoms with Crippen LogP contribution in [0.2, 0.25) is 0 Å². The Kier molecular flexibility index (Phi) is 4.74. The molecule has 2 N–H and O–H groups in total. The Morgan fingerprint density at radius 1 is 1.19 bits per heavy atom. The number of anilines is 1. The molecule has 0 atom stereocenters. The fourth-order valence-electron chi connectivity index (χ4n) is 1.78. The van der Waals surface area contributed by atoms with Crippen molar-refractivity contribution in [3.05, 3.63) is 28.8 Å². The minimum atomic E-state index is 0.665. The molecule has 0 bridgehead atoms. The maximum Gasteiger partial charge on any atom is 0.170 e. The van der Waals surface area contributed by atoms with Crippen LogP contribution in [0.25, 0.3) is 0 Å². The van der Waals surface area contributed by atoms with Gasteiger partial charge < -0.3 is 10.6 Å². The van der Waals surface area contributed by atoms with E-state index in [1.165, 1.54) is 16.7 Å². The van der Waals surface area contributed by atoms with Crippen LogP contribution in [0.5, 0.6) is 0 Å². The summed E-state index contributed by atoms with van der Waals surface area (Å²) in [5.41, 5.74) is 5.18. The topological polar surface area (TPSA) is 24.1 Å². The zero-order valence-electron chi connectivity index (χ0n) is 10.5.